The van der Waals surface area contributed by atoms with Gasteiger partial charge in [0.1, 0.15) is 0 Å². The maximum absolute atomic E-state index is 12.8. The largest absolute Gasteiger partial charge is 0.384 e. The topological polar surface area (TPSA) is 47.6 Å². The molecule has 1 N–H and O–H groups in total. The molecule has 2 aliphatic rings. The van der Waals surface area contributed by atoms with E-state index in [1.807, 2.05) is 42.5 Å². The van der Waals surface area contributed by atoms with E-state index >= 15 is 0 Å². The van der Waals surface area contributed by atoms with Gasteiger partial charge < -0.3 is 14.8 Å². The fourth-order valence-electron chi connectivity index (χ4n) is 4.09. The summed E-state index contributed by atoms with van der Waals surface area (Å²) in [5.41, 5.74) is 0.738. The monoisotopic (exact) mass is 311 g/mol. The van der Waals surface area contributed by atoms with Crippen LogP contribution >= 0.6 is 0 Å². The Labute approximate surface area is 135 Å². The lowest BCUT2D eigenvalue weighted by atomic mass is 9.67. The summed E-state index contributed by atoms with van der Waals surface area (Å²) in [6, 6.07) is 14.0. The number of carbonyl (C=O) groups excluding carboxylic acids is 1. The molecule has 1 aliphatic carbocycles. The van der Waals surface area contributed by atoms with E-state index in [1.54, 1.807) is 7.11 Å². The third-order valence-electron chi connectivity index (χ3n) is 5.22. The molecule has 1 saturated carbocycles. The van der Waals surface area contributed by atoms with Crippen molar-refractivity contribution < 1.29 is 14.3 Å². The lowest BCUT2D eigenvalue weighted by molar-refractivity contribution is -0.0809. The first-order chi connectivity index (χ1) is 11.3. The third kappa shape index (κ3) is 2.42. The highest BCUT2D eigenvalue weighted by Gasteiger charge is 2.54. The number of nitrogens with one attached hydrogen (secondary N) is 1. The summed E-state index contributed by atoms with van der Waals surface area (Å²) < 4.78 is 11.1. The Balaban J connectivity index is 1.57. The molecule has 1 aliphatic heterocycles. The lowest BCUT2D eigenvalue weighted by Crippen LogP contribution is -2.62. The molecule has 2 fully saturated rings. The standard InChI is InChI=1S/C19H21NO3/c1-22-11-16-17(15-9-10-23-18(15)16)20-19(21)14-8-4-6-12-5-2-3-7-13(12)14/h2-8,15-18H,9-11H2,1H3,(H,20,21)/t15-,16+,17+,18-/m1/s1. The van der Waals surface area contributed by atoms with E-state index in [-0.39, 0.29) is 24.0 Å². The van der Waals surface area contributed by atoms with Gasteiger partial charge in [0.25, 0.3) is 5.91 Å². The van der Waals surface area contributed by atoms with Gasteiger partial charge in [-0.15, -0.1) is 0 Å². The summed E-state index contributed by atoms with van der Waals surface area (Å²) in [7, 11) is 1.70. The number of hydrogen-bond donors (Lipinski definition) is 1. The van der Waals surface area contributed by atoms with E-state index in [2.05, 4.69) is 5.32 Å². The van der Waals surface area contributed by atoms with Crippen LogP contribution in [-0.4, -0.2) is 38.4 Å². The Morgan fingerprint density at radius 1 is 1.26 bits per heavy atom. The van der Waals surface area contributed by atoms with Crippen molar-refractivity contribution in [3.05, 3.63) is 48.0 Å². The zero-order valence-electron chi connectivity index (χ0n) is 13.2. The van der Waals surface area contributed by atoms with Crippen molar-refractivity contribution >= 4 is 16.7 Å². The predicted molar refractivity (Wildman–Crippen MR) is 88.4 cm³/mol. The van der Waals surface area contributed by atoms with Gasteiger partial charge in [0.2, 0.25) is 0 Å². The molecule has 2 aromatic carbocycles. The molecule has 0 aromatic heterocycles. The van der Waals surface area contributed by atoms with Crippen LogP contribution in [0.3, 0.4) is 0 Å². The van der Waals surface area contributed by atoms with Gasteiger partial charge in [0.15, 0.2) is 0 Å². The molecule has 4 atom stereocenters. The van der Waals surface area contributed by atoms with Crippen molar-refractivity contribution in [2.24, 2.45) is 11.8 Å². The molecule has 0 radical (unpaired) electrons. The SMILES string of the molecule is COC[C@H]1[C@@H](NC(=O)c2cccc3ccccc23)[C@H]2CCO[C@H]21. The van der Waals surface area contributed by atoms with Crippen LogP contribution < -0.4 is 5.32 Å². The lowest BCUT2D eigenvalue weighted by Gasteiger charge is -2.47. The molecule has 1 heterocycles. The van der Waals surface area contributed by atoms with Crippen LogP contribution in [0.5, 0.6) is 0 Å². The normalized spacial score (nSPS) is 29.1. The molecule has 4 nitrogen and oxygen atoms in total. The maximum atomic E-state index is 12.8. The minimum atomic E-state index is -0.00162. The number of hydrogen-bond acceptors (Lipinski definition) is 3. The van der Waals surface area contributed by atoms with Gasteiger partial charge in [-0.25, -0.2) is 0 Å². The molecule has 0 bridgehead atoms. The van der Waals surface area contributed by atoms with E-state index in [9.17, 15) is 4.79 Å². The minimum Gasteiger partial charge on any atom is -0.384 e. The summed E-state index contributed by atoms with van der Waals surface area (Å²) in [4.78, 5) is 12.8. The zero-order chi connectivity index (χ0) is 15.8. The van der Waals surface area contributed by atoms with Gasteiger partial charge in [0, 0.05) is 37.2 Å². The Bertz CT molecular complexity index is 724. The van der Waals surface area contributed by atoms with Crippen LogP contribution in [0.2, 0.25) is 0 Å². The Morgan fingerprint density at radius 2 is 2.09 bits per heavy atom. The average molecular weight is 311 g/mol. The van der Waals surface area contributed by atoms with Crippen LogP contribution in [0.1, 0.15) is 16.8 Å². The molecule has 0 spiro atoms. The van der Waals surface area contributed by atoms with Crippen LogP contribution in [0.4, 0.5) is 0 Å². The molecule has 120 valence electrons. The van der Waals surface area contributed by atoms with Crippen LogP contribution in [0, 0.1) is 11.8 Å². The highest BCUT2D eigenvalue weighted by molar-refractivity contribution is 6.07. The van der Waals surface area contributed by atoms with Crippen molar-refractivity contribution in [2.75, 3.05) is 20.3 Å². The van der Waals surface area contributed by atoms with E-state index in [0.29, 0.717) is 12.5 Å². The predicted octanol–water partition coefficient (Wildman–Crippen LogP) is 2.62. The second-order valence-corrected chi connectivity index (χ2v) is 6.43. The third-order valence-corrected chi connectivity index (χ3v) is 5.22. The van der Waals surface area contributed by atoms with Crippen LogP contribution in [0.25, 0.3) is 10.8 Å². The van der Waals surface area contributed by atoms with E-state index in [0.717, 1.165) is 29.4 Å². The number of ether oxygens (including phenoxy) is 2. The van der Waals surface area contributed by atoms with E-state index in [1.165, 1.54) is 0 Å². The first-order valence-corrected chi connectivity index (χ1v) is 8.19. The molecule has 2 aromatic rings. The average Bonchev–Trinajstić information content (AvgIpc) is 3.01. The maximum Gasteiger partial charge on any atom is 0.252 e. The van der Waals surface area contributed by atoms with Gasteiger partial charge in [0.05, 0.1) is 12.7 Å². The number of rotatable bonds is 4. The molecule has 0 unspecified atom stereocenters. The second-order valence-electron chi connectivity index (χ2n) is 6.43. The van der Waals surface area contributed by atoms with Crippen LogP contribution in [-0.2, 0) is 9.47 Å². The molecular formula is C19H21NO3. The summed E-state index contributed by atoms with van der Waals surface area (Å²) in [6.07, 6.45) is 1.26. The quantitative estimate of drug-likeness (QED) is 0.944. The van der Waals surface area contributed by atoms with Crippen molar-refractivity contribution in [3.8, 4) is 0 Å². The molecule has 1 amide bonds. The van der Waals surface area contributed by atoms with Gasteiger partial charge in [-0.1, -0.05) is 36.4 Å². The highest BCUT2D eigenvalue weighted by atomic mass is 16.5. The summed E-state index contributed by atoms with van der Waals surface area (Å²) in [5, 5.41) is 5.31. The summed E-state index contributed by atoms with van der Waals surface area (Å²) >= 11 is 0. The molecule has 23 heavy (non-hydrogen) atoms. The van der Waals surface area contributed by atoms with Gasteiger partial charge in [-0.2, -0.15) is 0 Å². The molecular weight excluding hydrogens is 290 g/mol. The van der Waals surface area contributed by atoms with E-state index in [4.69, 9.17) is 9.47 Å². The van der Waals surface area contributed by atoms with Gasteiger partial charge in [-0.05, 0) is 23.3 Å². The Hall–Kier alpha value is -1.91. The fourth-order valence-corrected chi connectivity index (χ4v) is 4.09. The Kier molecular flexibility index (Phi) is 3.79. The van der Waals surface area contributed by atoms with Crippen molar-refractivity contribution in [1.82, 2.24) is 5.32 Å². The van der Waals surface area contributed by atoms with E-state index < -0.39 is 0 Å². The van der Waals surface area contributed by atoms with Crippen molar-refractivity contribution in [1.29, 1.82) is 0 Å². The fraction of sp³-hybridized carbons (Fsp3) is 0.421. The number of fused-ring (bicyclic) bond motifs is 2. The van der Waals surface area contributed by atoms with Crippen molar-refractivity contribution in [2.45, 2.75) is 18.6 Å². The number of carbonyl (C=O) groups is 1. The smallest absolute Gasteiger partial charge is 0.252 e. The molecule has 4 heteroatoms. The Morgan fingerprint density at radius 3 is 2.96 bits per heavy atom. The highest BCUT2D eigenvalue weighted by Crippen LogP contribution is 2.43. The first kappa shape index (κ1) is 14.7. The van der Waals surface area contributed by atoms with Crippen LogP contribution in [0.15, 0.2) is 42.5 Å². The summed E-state index contributed by atoms with van der Waals surface area (Å²) in [6.45, 7) is 1.41. The molecule has 1 saturated heterocycles. The minimum absolute atomic E-state index is 0.00162. The number of amides is 1. The second kappa shape index (κ2) is 5.95. The van der Waals surface area contributed by atoms with Gasteiger partial charge >= 0.3 is 0 Å². The first-order valence-electron chi connectivity index (χ1n) is 8.19. The van der Waals surface area contributed by atoms with Crippen molar-refractivity contribution in [3.63, 3.8) is 0 Å². The number of methoxy groups -OCH3 is 1. The zero-order valence-corrected chi connectivity index (χ0v) is 13.2. The summed E-state index contributed by atoms with van der Waals surface area (Å²) in [5.74, 6) is 0.679. The number of benzene rings is 2. The van der Waals surface area contributed by atoms with Gasteiger partial charge in [-0.3, -0.25) is 4.79 Å². The molecule has 4 rings (SSSR count).